The Morgan fingerprint density at radius 3 is 2.62 bits per heavy atom. The Morgan fingerprint density at radius 1 is 1.14 bits per heavy atom. The van der Waals surface area contributed by atoms with Crippen molar-refractivity contribution >= 4 is 56.2 Å². The summed E-state index contributed by atoms with van der Waals surface area (Å²) in [7, 11) is 0. The summed E-state index contributed by atoms with van der Waals surface area (Å²) in [6, 6.07) is 13.1. The highest BCUT2D eigenvalue weighted by Crippen LogP contribution is 2.35. The number of halogens is 2. The minimum Gasteiger partial charge on any atom is -0.321 e. The number of amides is 1. The molecule has 106 valence electrons. The second-order valence-electron chi connectivity index (χ2n) is 4.65. The van der Waals surface area contributed by atoms with Gasteiger partial charge in [0.15, 0.2) is 0 Å². The van der Waals surface area contributed by atoms with Gasteiger partial charge in [-0.1, -0.05) is 41.4 Å². The van der Waals surface area contributed by atoms with E-state index < -0.39 is 0 Å². The first-order chi connectivity index (χ1) is 10.1. The number of hydrogen-bond acceptors (Lipinski definition) is 2. The Morgan fingerprint density at radius 2 is 1.90 bits per heavy atom. The molecule has 2 aromatic carbocycles. The van der Waals surface area contributed by atoms with Gasteiger partial charge in [0.1, 0.15) is 4.88 Å². The van der Waals surface area contributed by atoms with E-state index in [1.807, 2.05) is 37.3 Å². The van der Waals surface area contributed by atoms with Crippen molar-refractivity contribution in [2.75, 3.05) is 5.32 Å². The molecule has 0 saturated carbocycles. The first kappa shape index (κ1) is 14.4. The van der Waals surface area contributed by atoms with Gasteiger partial charge in [0, 0.05) is 20.8 Å². The molecule has 2 nitrogen and oxygen atoms in total. The zero-order chi connectivity index (χ0) is 15.0. The van der Waals surface area contributed by atoms with Gasteiger partial charge in [-0.25, -0.2) is 0 Å². The quantitative estimate of drug-likeness (QED) is 0.632. The van der Waals surface area contributed by atoms with E-state index in [0.29, 0.717) is 14.9 Å². The van der Waals surface area contributed by atoms with Crippen LogP contribution in [0.2, 0.25) is 10.0 Å². The lowest BCUT2D eigenvalue weighted by Crippen LogP contribution is -2.11. The Bertz CT molecular complexity index is 841. The number of rotatable bonds is 2. The largest absolute Gasteiger partial charge is 0.321 e. The summed E-state index contributed by atoms with van der Waals surface area (Å²) in [5.74, 6) is -0.202. The lowest BCUT2D eigenvalue weighted by molar-refractivity contribution is 0.103. The highest BCUT2D eigenvalue weighted by molar-refractivity contribution is 7.21. The lowest BCUT2D eigenvalue weighted by atomic mass is 10.2. The fourth-order valence-corrected chi connectivity index (χ4v) is 3.75. The third-order valence-corrected chi connectivity index (χ3v) is 5.09. The predicted molar refractivity (Wildman–Crippen MR) is 91.0 cm³/mol. The van der Waals surface area contributed by atoms with Gasteiger partial charge in [-0.2, -0.15) is 0 Å². The van der Waals surface area contributed by atoms with E-state index in [9.17, 15) is 4.79 Å². The van der Waals surface area contributed by atoms with Gasteiger partial charge < -0.3 is 5.32 Å². The van der Waals surface area contributed by atoms with Gasteiger partial charge in [-0.05, 0) is 36.8 Å². The van der Waals surface area contributed by atoms with E-state index in [4.69, 9.17) is 23.2 Å². The normalized spacial score (nSPS) is 10.8. The topological polar surface area (TPSA) is 29.1 Å². The minimum atomic E-state index is -0.202. The van der Waals surface area contributed by atoms with Crippen LogP contribution in [0.3, 0.4) is 0 Å². The number of carbonyl (C=O) groups excluding carboxylic acids is 1. The van der Waals surface area contributed by atoms with E-state index in [2.05, 4.69) is 5.32 Å². The summed E-state index contributed by atoms with van der Waals surface area (Å²) in [5.41, 5.74) is 1.64. The average molecular weight is 336 g/mol. The van der Waals surface area contributed by atoms with E-state index in [1.54, 1.807) is 12.1 Å². The van der Waals surface area contributed by atoms with E-state index in [1.165, 1.54) is 11.3 Å². The molecule has 0 aliphatic rings. The molecule has 0 spiro atoms. The standard InChI is InChI=1S/C16H11Cl2NOS/c1-9-8-10(17)6-7-12(9)19-16(20)15-14(18)11-4-2-3-5-13(11)21-15/h2-8H,1H3,(H,19,20). The van der Waals surface area contributed by atoms with Crippen molar-refractivity contribution in [3.05, 3.63) is 63.0 Å². The van der Waals surface area contributed by atoms with Crippen LogP contribution in [0.15, 0.2) is 42.5 Å². The van der Waals surface area contributed by atoms with Gasteiger partial charge in [-0.15, -0.1) is 11.3 Å². The number of anilines is 1. The molecule has 0 saturated heterocycles. The van der Waals surface area contributed by atoms with Crippen LogP contribution in [0.25, 0.3) is 10.1 Å². The summed E-state index contributed by atoms with van der Waals surface area (Å²) < 4.78 is 1.00. The summed E-state index contributed by atoms with van der Waals surface area (Å²) in [6.07, 6.45) is 0. The van der Waals surface area contributed by atoms with Gasteiger partial charge in [0.2, 0.25) is 0 Å². The van der Waals surface area contributed by atoms with Crippen molar-refractivity contribution in [2.24, 2.45) is 0 Å². The second kappa shape index (κ2) is 5.68. The van der Waals surface area contributed by atoms with Crippen LogP contribution in [0.4, 0.5) is 5.69 Å². The number of hydrogen-bond donors (Lipinski definition) is 1. The van der Waals surface area contributed by atoms with Crippen LogP contribution in [0, 0.1) is 6.92 Å². The van der Waals surface area contributed by atoms with Gasteiger partial charge in [-0.3, -0.25) is 4.79 Å². The predicted octanol–water partition coefficient (Wildman–Crippen LogP) is 5.77. The van der Waals surface area contributed by atoms with Crippen molar-refractivity contribution in [3.8, 4) is 0 Å². The Kier molecular flexibility index (Phi) is 3.89. The smallest absolute Gasteiger partial charge is 0.267 e. The molecule has 1 amide bonds. The van der Waals surface area contributed by atoms with Crippen LogP contribution >= 0.6 is 34.5 Å². The Labute approximate surface area is 136 Å². The summed E-state index contributed by atoms with van der Waals surface area (Å²) in [5, 5.41) is 4.93. The Balaban J connectivity index is 1.95. The third-order valence-electron chi connectivity index (χ3n) is 3.18. The second-order valence-corrected chi connectivity index (χ2v) is 6.52. The molecule has 0 unspecified atom stereocenters. The highest BCUT2D eigenvalue weighted by atomic mass is 35.5. The minimum absolute atomic E-state index is 0.202. The monoisotopic (exact) mass is 335 g/mol. The SMILES string of the molecule is Cc1cc(Cl)ccc1NC(=O)c1sc2ccccc2c1Cl. The molecule has 0 bridgehead atoms. The third kappa shape index (κ3) is 2.77. The van der Waals surface area contributed by atoms with Crippen molar-refractivity contribution in [1.82, 2.24) is 0 Å². The van der Waals surface area contributed by atoms with Crippen molar-refractivity contribution in [3.63, 3.8) is 0 Å². The highest BCUT2D eigenvalue weighted by Gasteiger charge is 2.17. The molecule has 0 aliphatic carbocycles. The number of carbonyl (C=O) groups is 1. The van der Waals surface area contributed by atoms with Crippen LogP contribution in [-0.2, 0) is 0 Å². The number of benzene rings is 2. The maximum atomic E-state index is 12.4. The van der Waals surface area contributed by atoms with Crippen molar-refractivity contribution in [1.29, 1.82) is 0 Å². The zero-order valence-electron chi connectivity index (χ0n) is 11.1. The summed E-state index contributed by atoms with van der Waals surface area (Å²) in [4.78, 5) is 12.9. The number of thiophene rings is 1. The van der Waals surface area contributed by atoms with E-state index in [0.717, 1.165) is 21.3 Å². The van der Waals surface area contributed by atoms with Crippen molar-refractivity contribution < 1.29 is 4.79 Å². The van der Waals surface area contributed by atoms with Crippen molar-refractivity contribution in [2.45, 2.75) is 6.92 Å². The van der Waals surface area contributed by atoms with E-state index in [-0.39, 0.29) is 5.91 Å². The lowest BCUT2D eigenvalue weighted by Gasteiger charge is -2.07. The Hall–Kier alpha value is -1.55. The molecule has 0 fully saturated rings. The molecule has 1 heterocycles. The maximum Gasteiger partial charge on any atom is 0.267 e. The molecular formula is C16H11Cl2NOS. The molecule has 3 aromatic rings. The molecule has 1 aromatic heterocycles. The average Bonchev–Trinajstić information content (AvgIpc) is 2.80. The molecule has 21 heavy (non-hydrogen) atoms. The first-order valence-electron chi connectivity index (χ1n) is 6.31. The number of fused-ring (bicyclic) bond motifs is 1. The first-order valence-corrected chi connectivity index (χ1v) is 7.88. The van der Waals surface area contributed by atoms with Gasteiger partial charge >= 0.3 is 0 Å². The molecule has 0 atom stereocenters. The molecule has 3 rings (SSSR count). The van der Waals surface area contributed by atoms with Gasteiger partial charge in [0.25, 0.3) is 5.91 Å². The molecule has 5 heteroatoms. The molecule has 1 N–H and O–H groups in total. The number of nitrogens with one attached hydrogen (secondary N) is 1. The molecular weight excluding hydrogens is 325 g/mol. The fourth-order valence-electron chi connectivity index (χ4n) is 2.11. The fraction of sp³-hybridized carbons (Fsp3) is 0.0625. The molecule has 0 aliphatic heterocycles. The number of aryl methyl sites for hydroxylation is 1. The summed E-state index contributed by atoms with van der Waals surface area (Å²) in [6.45, 7) is 1.90. The van der Waals surface area contributed by atoms with E-state index >= 15 is 0 Å². The van der Waals surface area contributed by atoms with Gasteiger partial charge in [0.05, 0.1) is 5.02 Å². The summed E-state index contributed by atoms with van der Waals surface area (Å²) >= 11 is 13.6. The zero-order valence-corrected chi connectivity index (χ0v) is 13.4. The maximum absolute atomic E-state index is 12.4. The van der Waals surface area contributed by atoms with Crippen LogP contribution in [0.1, 0.15) is 15.2 Å². The molecule has 0 radical (unpaired) electrons. The van der Waals surface area contributed by atoms with Crippen LogP contribution in [0.5, 0.6) is 0 Å². The van der Waals surface area contributed by atoms with Crippen LogP contribution in [-0.4, -0.2) is 5.91 Å². The van der Waals surface area contributed by atoms with Crippen LogP contribution < -0.4 is 5.32 Å².